The summed E-state index contributed by atoms with van der Waals surface area (Å²) in [6.45, 7) is 4.76. The Morgan fingerprint density at radius 1 is 1.15 bits per heavy atom. The number of hydrogen-bond donors (Lipinski definition) is 1. The first-order valence-corrected chi connectivity index (χ1v) is 8.45. The van der Waals surface area contributed by atoms with E-state index in [1.165, 1.54) is 0 Å². The number of amides is 1. The predicted molar refractivity (Wildman–Crippen MR) is 95.8 cm³/mol. The van der Waals surface area contributed by atoms with E-state index in [4.69, 9.17) is 16.3 Å². The van der Waals surface area contributed by atoms with Crippen molar-refractivity contribution in [2.75, 3.05) is 11.9 Å². The Morgan fingerprint density at radius 3 is 2.38 bits per heavy atom. The van der Waals surface area contributed by atoms with Crippen LogP contribution in [0.25, 0.3) is 0 Å². The Hall–Kier alpha value is -2.21. The van der Waals surface area contributed by atoms with Gasteiger partial charge in [0.05, 0.1) is 22.9 Å². The van der Waals surface area contributed by atoms with Gasteiger partial charge < -0.3 is 10.1 Å². The van der Waals surface area contributed by atoms with Crippen molar-refractivity contribution in [1.82, 2.24) is 0 Å². The molecule has 0 saturated heterocycles. The zero-order valence-corrected chi connectivity index (χ0v) is 15.1. The zero-order chi connectivity index (χ0) is 19.3. The van der Waals surface area contributed by atoms with Crippen LogP contribution in [-0.4, -0.2) is 12.5 Å². The molecule has 0 spiro atoms. The van der Waals surface area contributed by atoms with Gasteiger partial charge in [-0.1, -0.05) is 25.4 Å². The van der Waals surface area contributed by atoms with Gasteiger partial charge in [-0.3, -0.25) is 4.79 Å². The van der Waals surface area contributed by atoms with Gasteiger partial charge >= 0.3 is 6.18 Å². The van der Waals surface area contributed by atoms with Crippen LogP contribution in [0.4, 0.5) is 18.9 Å². The topological polar surface area (TPSA) is 38.3 Å². The molecule has 2 aromatic carbocycles. The minimum atomic E-state index is -4.51. The van der Waals surface area contributed by atoms with Crippen LogP contribution in [0.1, 0.15) is 36.2 Å². The van der Waals surface area contributed by atoms with Gasteiger partial charge in [0, 0.05) is 5.56 Å². The maximum atomic E-state index is 12.8. The van der Waals surface area contributed by atoms with Crippen molar-refractivity contribution in [2.45, 2.75) is 26.4 Å². The van der Waals surface area contributed by atoms with E-state index in [-0.39, 0.29) is 16.3 Å². The monoisotopic (exact) mass is 385 g/mol. The van der Waals surface area contributed by atoms with Gasteiger partial charge in [-0.05, 0) is 54.8 Å². The van der Waals surface area contributed by atoms with Gasteiger partial charge in [0.1, 0.15) is 5.75 Å². The third-order valence-corrected chi connectivity index (χ3v) is 3.95. The second-order valence-electron chi connectivity index (χ2n) is 6.20. The summed E-state index contributed by atoms with van der Waals surface area (Å²) in [6, 6.07) is 9.14. The Morgan fingerprint density at radius 2 is 1.81 bits per heavy atom. The fraction of sp³-hybridized carbons (Fsp3) is 0.316. The van der Waals surface area contributed by atoms with Crippen LogP contribution in [-0.2, 0) is 6.18 Å². The van der Waals surface area contributed by atoms with Crippen LogP contribution >= 0.6 is 11.6 Å². The molecule has 0 aliphatic heterocycles. The molecule has 26 heavy (non-hydrogen) atoms. The van der Waals surface area contributed by atoms with Crippen molar-refractivity contribution < 1.29 is 22.7 Å². The number of benzene rings is 2. The first-order valence-electron chi connectivity index (χ1n) is 8.08. The summed E-state index contributed by atoms with van der Waals surface area (Å²) in [6.07, 6.45) is -3.60. The quantitative estimate of drug-likeness (QED) is 0.658. The highest BCUT2D eigenvalue weighted by atomic mass is 35.5. The number of carbonyl (C=O) groups excluding carboxylic acids is 1. The number of halogens is 4. The lowest BCUT2D eigenvalue weighted by molar-refractivity contribution is -0.137. The van der Waals surface area contributed by atoms with Crippen molar-refractivity contribution >= 4 is 23.2 Å². The molecule has 3 nitrogen and oxygen atoms in total. The molecule has 0 saturated carbocycles. The third kappa shape index (κ3) is 5.66. The SMILES string of the molecule is CC(C)CCOc1ccc(C(=O)Nc2cc(C(F)(F)F)ccc2Cl)cc1. The molecule has 140 valence electrons. The standard InChI is InChI=1S/C19H19ClF3NO2/c1-12(2)9-10-26-15-6-3-13(4-7-15)18(25)24-17-11-14(19(21,22)23)5-8-16(17)20/h3-8,11-12H,9-10H2,1-2H3,(H,24,25). The van der Waals surface area contributed by atoms with Gasteiger partial charge in [-0.15, -0.1) is 0 Å². The fourth-order valence-corrected chi connectivity index (χ4v) is 2.27. The Balaban J connectivity index is 2.06. The summed E-state index contributed by atoms with van der Waals surface area (Å²) < 4.78 is 43.9. The van der Waals surface area contributed by atoms with Crippen molar-refractivity contribution in [1.29, 1.82) is 0 Å². The molecule has 2 aromatic rings. The molecule has 0 aliphatic rings. The van der Waals surface area contributed by atoms with Gasteiger partial charge in [0.2, 0.25) is 0 Å². The average molecular weight is 386 g/mol. The highest BCUT2D eigenvalue weighted by Gasteiger charge is 2.31. The first-order chi connectivity index (χ1) is 12.2. The summed E-state index contributed by atoms with van der Waals surface area (Å²) in [7, 11) is 0. The van der Waals surface area contributed by atoms with Gasteiger partial charge in [0.15, 0.2) is 0 Å². The molecule has 0 bridgehead atoms. The Labute approximate surface area is 155 Å². The van der Waals surface area contributed by atoms with Gasteiger partial charge in [0.25, 0.3) is 5.91 Å². The minimum absolute atomic E-state index is 0.0278. The summed E-state index contributed by atoms with van der Waals surface area (Å²) in [5.41, 5.74) is -0.690. The van der Waals surface area contributed by atoms with Crippen molar-refractivity contribution in [3.63, 3.8) is 0 Å². The molecule has 0 atom stereocenters. The molecule has 2 rings (SSSR count). The minimum Gasteiger partial charge on any atom is -0.494 e. The van der Waals surface area contributed by atoms with E-state index in [0.29, 0.717) is 18.3 Å². The lowest BCUT2D eigenvalue weighted by Gasteiger charge is -2.12. The molecule has 0 radical (unpaired) electrons. The second kappa shape index (κ2) is 8.45. The van der Waals surface area contributed by atoms with E-state index in [2.05, 4.69) is 19.2 Å². The van der Waals surface area contributed by atoms with Crippen molar-refractivity contribution in [3.8, 4) is 5.75 Å². The number of hydrogen-bond acceptors (Lipinski definition) is 2. The molecular formula is C19H19ClF3NO2. The molecule has 0 heterocycles. The molecule has 1 amide bonds. The smallest absolute Gasteiger partial charge is 0.416 e. The Kier molecular flexibility index (Phi) is 6.53. The van der Waals surface area contributed by atoms with Gasteiger partial charge in [-0.25, -0.2) is 0 Å². The summed E-state index contributed by atoms with van der Waals surface area (Å²) in [5, 5.41) is 2.43. The third-order valence-electron chi connectivity index (χ3n) is 3.62. The largest absolute Gasteiger partial charge is 0.494 e. The molecule has 0 fully saturated rings. The van der Waals surface area contributed by atoms with E-state index in [0.717, 1.165) is 24.6 Å². The highest BCUT2D eigenvalue weighted by molar-refractivity contribution is 6.34. The van der Waals surface area contributed by atoms with Crippen molar-refractivity contribution in [3.05, 3.63) is 58.6 Å². The predicted octanol–water partition coefficient (Wildman–Crippen LogP) is 6.04. The number of anilines is 1. The van der Waals surface area contributed by atoms with Crippen molar-refractivity contribution in [2.24, 2.45) is 5.92 Å². The van der Waals surface area contributed by atoms with E-state index in [1.807, 2.05) is 0 Å². The number of ether oxygens (including phenoxy) is 1. The highest BCUT2D eigenvalue weighted by Crippen LogP contribution is 2.34. The number of rotatable bonds is 6. The second-order valence-corrected chi connectivity index (χ2v) is 6.61. The number of nitrogens with one attached hydrogen (secondary N) is 1. The summed E-state index contributed by atoms with van der Waals surface area (Å²) in [4.78, 5) is 12.3. The van der Waals surface area contributed by atoms with Crippen LogP contribution in [0.15, 0.2) is 42.5 Å². The lowest BCUT2D eigenvalue weighted by atomic mass is 10.1. The molecule has 0 aromatic heterocycles. The van der Waals surface area contributed by atoms with E-state index in [1.54, 1.807) is 24.3 Å². The summed E-state index contributed by atoms with van der Waals surface area (Å²) in [5.74, 6) is 0.594. The van der Waals surface area contributed by atoms with Gasteiger partial charge in [-0.2, -0.15) is 13.2 Å². The molecule has 0 aliphatic carbocycles. The van der Waals surface area contributed by atoms with Crippen LogP contribution in [0.3, 0.4) is 0 Å². The van der Waals surface area contributed by atoms with Crippen LogP contribution in [0, 0.1) is 5.92 Å². The Bertz CT molecular complexity index is 758. The molecular weight excluding hydrogens is 367 g/mol. The van der Waals surface area contributed by atoms with Crippen LogP contribution in [0.5, 0.6) is 5.75 Å². The lowest BCUT2D eigenvalue weighted by Crippen LogP contribution is -2.13. The maximum absolute atomic E-state index is 12.8. The average Bonchev–Trinajstić information content (AvgIpc) is 2.56. The number of alkyl halides is 3. The summed E-state index contributed by atoms with van der Waals surface area (Å²) >= 11 is 5.88. The molecule has 1 N–H and O–H groups in total. The molecule has 0 unspecified atom stereocenters. The maximum Gasteiger partial charge on any atom is 0.416 e. The first kappa shape index (κ1) is 20.1. The van der Waals surface area contributed by atoms with Crippen LogP contribution < -0.4 is 10.1 Å². The van der Waals surface area contributed by atoms with E-state index < -0.39 is 17.6 Å². The van der Waals surface area contributed by atoms with Crippen LogP contribution in [0.2, 0.25) is 5.02 Å². The normalized spacial score (nSPS) is 11.5. The zero-order valence-electron chi connectivity index (χ0n) is 14.4. The van der Waals surface area contributed by atoms with E-state index >= 15 is 0 Å². The fourth-order valence-electron chi connectivity index (χ4n) is 2.11. The molecule has 7 heteroatoms. The van der Waals surface area contributed by atoms with E-state index in [9.17, 15) is 18.0 Å². The number of carbonyl (C=O) groups is 1.